The summed E-state index contributed by atoms with van der Waals surface area (Å²) < 4.78 is 0.992. The standard InChI is InChI=1S/C23H17BrN4O/c24-19-12-10-17(11-13-19)23-26-20(16-6-2-1-3-7-16)14-22(27-23)28-25-15-18-8-4-5-9-21(18)29/h1-15,29H,(H,26,27,28)/b25-15+. The van der Waals surface area contributed by atoms with Crippen LogP contribution in [-0.2, 0) is 0 Å². The summed E-state index contributed by atoms with van der Waals surface area (Å²) in [5, 5.41) is 14.1. The van der Waals surface area contributed by atoms with Gasteiger partial charge in [0.05, 0.1) is 11.9 Å². The summed E-state index contributed by atoms with van der Waals surface area (Å²) >= 11 is 3.45. The lowest BCUT2D eigenvalue weighted by Crippen LogP contribution is -1.99. The van der Waals surface area contributed by atoms with Gasteiger partial charge in [0.2, 0.25) is 0 Å². The number of nitrogens with zero attached hydrogens (tertiary/aromatic N) is 3. The molecular weight excluding hydrogens is 428 g/mol. The topological polar surface area (TPSA) is 70.4 Å². The zero-order valence-corrected chi connectivity index (χ0v) is 16.9. The Labute approximate surface area is 176 Å². The lowest BCUT2D eigenvalue weighted by molar-refractivity contribution is 0.474. The Kier molecular flexibility index (Phi) is 5.63. The van der Waals surface area contributed by atoms with E-state index in [1.165, 1.54) is 0 Å². The van der Waals surface area contributed by atoms with E-state index in [4.69, 9.17) is 4.98 Å². The largest absolute Gasteiger partial charge is 0.507 e. The van der Waals surface area contributed by atoms with E-state index in [2.05, 4.69) is 31.4 Å². The number of hydrogen-bond donors (Lipinski definition) is 2. The van der Waals surface area contributed by atoms with Crippen molar-refractivity contribution < 1.29 is 5.11 Å². The lowest BCUT2D eigenvalue weighted by atomic mass is 10.1. The second-order valence-electron chi connectivity index (χ2n) is 6.26. The third kappa shape index (κ3) is 4.67. The van der Waals surface area contributed by atoms with Crippen LogP contribution in [-0.4, -0.2) is 21.3 Å². The first-order valence-electron chi connectivity index (χ1n) is 8.96. The quantitative estimate of drug-likeness (QED) is 0.304. The minimum atomic E-state index is 0.168. The second-order valence-corrected chi connectivity index (χ2v) is 7.18. The minimum absolute atomic E-state index is 0.168. The molecular formula is C23H17BrN4O. The third-order valence-corrected chi connectivity index (χ3v) is 4.75. The van der Waals surface area contributed by atoms with Gasteiger partial charge in [-0.15, -0.1) is 0 Å². The van der Waals surface area contributed by atoms with Gasteiger partial charge in [0, 0.05) is 27.2 Å². The maximum absolute atomic E-state index is 9.87. The molecule has 5 nitrogen and oxygen atoms in total. The summed E-state index contributed by atoms with van der Waals surface area (Å²) in [6.45, 7) is 0. The van der Waals surface area contributed by atoms with Crippen LogP contribution in [0.3, 0.4) is 0 Å². The fourth-order valence-electron chi connectivity index (χ4n) is 2.75. The zero-order valence-electron chi connectivity index (χ0n) is 15.3. The molecule has 0 fully saturated rings. The number of hydrazone groups is 1. The summed E-state index contributed by atoms with van der Waals surface area (Å²) in [6.07, 6.45) is 1.55. The highest BCUT2D eigenvalue weighted by molar-refractivity contribution is 9.10. The van der Waals surface area contributed by atoms with Crippen molar-refractivity contribution in [3.63, 3.8) is 0 Å². The number of para-hydroxylation sites is 1. The highest BCUT2D eigenvalue weighted by atomic mass is 79.9. The van der Waals surface area contributed by atoms with Crippen LogP contribution >= 0.6 is 15.9 Å². The molecule has 0 aliphatic rings. The summed E-state index contributed by atoms with van der Waals surface area (Å²) in [5.41, 5.74) is 6.25. The number of anilines is 1. The number of aromatic hydroxyl groups is 1. The lowest BCUT2D eigenvalue weighted by Gasteiger charge is -2.08. The van der Waals surface area contributed by atoms with Gasteiger partial charge in [0.15, 0.2) is 11.6 Å². The number of hydrogen-bond acceptors (Lipinski definition) is 5. The molecule has 6 heteroatoms. The van der Waals surface area contributed by atoms with Crippen molar-refractivity contribution in [3.8, 4) is 28.4 Å². The number of phenolic OH excluding ortho intramolecular Hbond substituents is 1. The van der Waals surface area contributed by atoms with Gasteiger partial charge in [-0.1, -0.05) is 70.5 Å². The van der Waals surface area contributed by atoms with Crippen LogP contribution in [0.5, 0.6) is 5.75 Å². The number of halogens is 1. The van der Waals surface area contributed by atoms with Gasteiger partial charge in [0.1, 0.15) is 5.75 Å². The first-order valence-corrected chi connectivity index (χ1v) is 9.76. The molecule has 4 aromatic rings. The van der Waals surface area contributed by atoms with Crippen LogP contribution in [0.15, 0.2) is 94.5 Å². The summed E-state index contributed by atoms with van der Waals surface area (Å²) in [4.78, 5) is 9.32. The normalized spacial score (nSPS) is 10.9. The Balaban J connectivity index is 1.69. The average molecular weight is 445 g/mol. The molecule has 4 rings (SSSR count). The Morgan fingerprint density at radius 1 is 0.828 bits per heavy atom. The number of benzene rings is 3. The van der Waals surface area contributed by atoms with Gasteiger partial charge in [-0.05, 0) is 24.3 Å². The molecule has 0 saturated carbocycles. The Morgan fingerprint density at radius 3 is 2.31 bits per heavy atom. The van der Waals surface area contributed by atoms with Gasteiger partial charge >= 0.3 is 0 Å². The predicted octanol–water partition coefficient (Wildman–Crippen LogP) is 5.72. The molecule has 0 spiro atoms. The summed E-state index contributed by atoms with van der Waals surface area (Å²) in [7, 11) is 0. The summed E-state index contributed by atoms with van der Waals surface area (Å²) in [6, 6.07) is 26.6. The fraction of sp³-hybridized carbons (Fsp3) is 0. The van der Waals surface area contributed by atoms with Crippen molar-refractivity contribution in [2.24, 2.45) is 5.10 Å². The van der Waals surface area contributed by atoms with Gasteiger partial charge in [-0.2, -0.15) is 5.10 Å². The average Bonchev–Trinajstić information content (AvgIpc) is 2.76. The highest BCUT2D eigenvalue weighted by Crippen LogP contribution is 2.25. The van der Waals surface area contributed by atoms with Crippen molar-refractivity contribution in [1.29, 1.82) is 0 Å². The number of rotatable bonds is 5. The van der Waals surface area contributed by atoms with E-state index in [1.807, 2.05) is 66.7 Å². The number of aromatic nitrogens is 2. The molecule has 1 aromatic heterocycles. The first kappa shape index (κ1) is 18.8. The molecule has 0 saturated heterocycles. The van der Waals surface area contributed by atoms with Gasteiger partial charge < -0.3 is 5.11 Å². The monoisotopic (exact) mass is 444 g/mol. The van der Waals surface area contributed by atoms with Crippen molar-refractivity contribution in [2.45, 2.75) is 0 Å². The molecule has 2 N–H and O–H groups in total. The molecule has 0 atom stereocenters. The molecule has 0 unspecified atom stereocenters. The Morgan fingerprint density at radius 2 is 1.55 bits per heavy atom. The molecule has 0 radical (unpaired) electrons. The van der Waals surface area contributed by atoms with Crippen molar-refractivity contribution in [3.05, 3.63) is 95.0 Å². The second kappa shape index (κ2) is 8.67. The zero-order chi connectivity index (χ0) is 20.1. The SMILES string of the molecule is Oc1ccccc1/C=N/Nc1cc(-c2ccccc2)nc(-c2ccc(Br)cc2)n1. The molecule has 0 bridgehead atoms. The molecule has 142 valence electrons. The van der Waals surface area contributed by atoms with E-state index in [1.54, 1.807) is 24.4 Å². The molecule has 0 amide bonds. The minimum Gasteiger partial charge on any atom is -0.507 e. The van der Waals surface area contributed by atoms with E-state index in [-0.39, 0.29) is 5.75 Å². The van der Waals surface area contributed by atoms with Gasteiger partial charge in [-0.25, -0.2) is 9.97 Å². The smallest absolute Gasteiger partial charge is 0.162 e. The Hall–Kier alpha value is -3.51. The van der Waals surface area contributed by atoms with E-state index in [0.717, 1.165) is 21.3 Å². The van der Waals surface area contributed by atoms with Crippen molar-refractivity contribution >= 4 is 28.0 Å². The number of phenols is 1. The van der Waals surface area contributed by atoms with Crippen LogP contribution in [0.25, 0.3) is 22.6 Å². The van der Waals surface area contributed by atoms with Crippen molar-refractivity contribution in [2.75, 3.05) is 5.43 Å². The van der Waals surface area contributed by atoms with E-state index >= 15 is 0 Å². The van der Waals surface area contributed by atoms with Crippen molar-refractivity contribution in [1.82, 2.24) is 9.97 Å². The molecule has 0 aliphatic heterocycles. The van der Waals surface area contributed by atoms with Crippen LogP contribution in [0.4, 0.5) is 5.82 Å². The van der Waals surface area contributed by atoms with E-state index < -0.39 is 0 Å². The molecule has 3 aromatic carbocycles. The van der Waals surface area contributed by atoms with Crippen LogP contribution in [0.1, 0.15) is 5.56 Å². The number of nitrogens with one attached hydrogen (secondary N) is 1. The van der Waals surface area contributed by atoms with E-state index in [9.17, 15) is 5.11 Å². The molecule has 0 aliphatic carbocycles. The van der Waals surface area contributed by atoms with Crippen LogP contribution in [0.2, 0.25) is 0 Å². The molecule has 1 heterocycles. The first-order chi connectivity index (χ1) is 14.2. The highest BCUT2D eigenvalue weighted by Gasteiger charge is 2.09. The summed E-state index contributed by atoms with van der Waals surface area (Å²) in [5.74, 6) is 1.32. The fourth-order valence-corrected chi connectivity index (χ4v) is 3.02. The van der Waals surface area contributed by atoms with Gasteiger partial charge in [-0.3, -0.25) is 5.43 Å². The van der Waals surface area contributed by atoms with Crippen LogP contribution in [0, 0.1) is 0 Å². The molecule has 29 heavy (non-hydrogen) atoms. The van der Waals surface area contributed by atoms with E-state index in [0.29, 0.717) is 17.2 Å². The van der Waals surface area contributed by atoms with Crippen LogP contribution < -0.4 is 5.43 Å². The Bertz CT molecular complexity index is 1150. The maximum atomic E-state index is 9.87. The maximum Gasteiger partial charge on any atom is 0.162 e. The van der Waals surface area contributed by atoms with Gasteiger partial charge in [0.25, 0.3) is 0 Å². The third-order valence-electron chi connectivity index (χ3n) is 4.22. The predicted molar refractivity (Wildman–Crippen MR) is 120 cm³/mol.